The van der Waals surface area contributed by atoms with Gasteiger partial charge in [0.2, 0.25) is 5.13 Å². The maximum absolute atomic E-state index is 5.56. The second-order valence-electron chi connectivity index (χ2n) is 7.90. The van der Waals surface area contributed by atoms with Gasteiger partial charge in [-0.05, 0) is 12.8 Å². The quantitative estimate of drug-likeness (QED) is 0.913. The first-order chi connectivity index (χ1) is 11.0. The summed E-state index contributed by atoms with van der Waals surface area (Å²) in [5, 5.41) is 14.4. The van der Waals surface area contributed by atoms with Crippen molar-refractivity contribution in [2.45, 2.75) is 63.8 Å². The molecule has 23 heavy (non-hydrogen) atoms. The van der Waals surface area contributed by atoms with Gasteiger partial charge in [-0.3, -0.25) is 4.90 Å². The third-order valence-corrected chi connectivity index (χ3v) is 6.41. The number of nitrogens with zero attached hydrogens (tertiary/aromatic N) is 3. The summed E-state index contributed by atoms with van der Waals surface area (Å²) in [6.07, 6.45) is 6.61. The van der Waals surface area contributed by atoms with Gasteiger partial charge in [0.1, 0.15) is 5.01 Å². The van der Waals surface area contributed by atoms with E-state index in [0.29, 0.717) is 0 Å². The van der Waals surface area contributed by atoms with Gasteiger partial charge in [-0.1, -0.05) is 51.4 Å². The van der Waals surface area contributed by atoms with E-state index in [1.165, 1.54) is 32.1 Å². The van der Waals surface area contributed by atoms with Crippen LogP contribution >= 0.6 is 11.3 Å². The van der Waals surface area contributed by atoms with E-state index in [2.05, 4.69) is 41.2 Å². The van der Waals surface area contributed by atoms with E-state index >= 15 is 0 Å². The number of hydrogen-bond donors (Lipinski definition) is 1. The summed E-state index contributed by atoms with van der Waals surface area (Å²) in [5.74, 6) is 0. The highest BCUT2D eigenvalue weighted by Gasteiger charge is 2.38. The molecule has 0 spiro atoms. The Morgan fingerprint density at radius 2 is 1.83 bits per heavy atom. The van der Waals surface area contributed by atoms with Gasteiger partial charge in [-0.2, -0.15) is 0 Å². The molecule has 0 amide bonds. The van der Waals surface area contributed by atoms with Crippen molar-refractivity contribution in [2.75, 3.05) is 38.2 Å². The Kier molecular flexibility index (Phi) is 5.23. The van der Waals surface area contributed by atoms with E-state index in [9.17, 15) is 0 Å². The van der Waals surface area contributed by atoms with Gasteiger partial charge >= 0.3 is 0 Å². The number of hydrogen-bond acceptors (Lipinski definition) is 6. The summed E-state index contributed by atoms with van der Waals surface area (Å²) in [6.45, 7) is 11.4. The standard InChI is InChI=1S/C17H30N4OS/c1-16(2,3)14-19-20-15(23-14)18-13-17(7-5-4-6-8-17)21-9-11-22-12-10-21/h4-13H2,1-3H3,(H,18,20). The van der Waals surface area contributed by atoms with Crippen LogP contribution in [0.1, 0.15) is 57.9 Å². The number of anilines is 1. The Balaban J connectivity index is 1.67. The van der Waals surface area contributed by atoms with Crippen molar-refractivity contribution >= 4 is 16.5 Å². The number of rotatable bonds is 4. The van der Waals surface area contributed by atoms with Gasteiger partial charge in [0.05, 0.1) is 13.2 Å². The molecule has 1 saturated heterocycles. The van der Waals surface area contributed by atoms with Crippen LogP contribution in [0.4, 0.5) is 5.13 Å². The molecule has 1 aromatic heterocycles. The van der Waals surface area contributed by atoms with Crippen molar-refractivity contribution in [1.82, 2.24) is 15.1 Å². The molecule has 2 heterocycles. The maximum atomic E-state index is 5.56. The fraction of sp³-hybridized carbons (Fsp3) is 0.882. The summed E-state index contributed by atoms with van der Waals surface area (Å²) in [7, 11) is 0. The zero-order valence-corrected chi connectivity index (χ0v) is 15.5. The molecule has 0 unspecified atom stereocenters. The third kappa shape index (κ3) is 4.03. The molecule has 1 N–H and O–H groups in total. The molecule has 130 valence electrons. The third-order valence-electron chi connectivity index (χ3n) is 5.10. The van der Waals surface area contributed by atoms with Crippen LogP contribution in [0.15, 0.2) is 0 Å². The first-order valence-electron chi connectivity index (χ1n) is 8.90. The van der Waals surface area contributed by atoms with Crippen molar-refractivity contribution in [3.8, 4) is 0 Å². The molecular formula is C17H30N4OS. The van der Waals surface area contributed by atoms with Crippen LogP contribution in [-0.4, -0.2) is 53.5 Å². The first kappa shape index (κ1) is 17.1. The second kappa shape index (κ2) is 7.03. The lowest BCUT2D eigenvalue weighted by atomic mass is 9.80. The highest BCUT2D eigenvalue weighted by Crippen LogP contribution is 2.35. The molecule has 1 aliphatic carbocycles. The molecule has 0 aromatic carbocycles. The summed E-state index contributed by atoms with van der Waals surface area (Å²) in [4.78, 5) is 2.66. The Morgan fingerprint density at radius 1 is 1.13 bits per heavy atom. The van der Waals surface area contributed by atoms with Crippen LogP contribution in [0.3, 0.4) is 0 Å². The Hall–Kier alpha value is -0.720. The molecule has 1 aliphatic heterocycles. The van der Waals surface area contributed by atoms with Gasteiger partial charge in [0, 0.05) is 30.6 Å². The largest absolute Gasteiger partial charge is 0.379 e. The van der Waals surface area contributed by atoms with E-state index < -0.39 is 0 Å². The average molecular weight is 339 g/mol. The molecule has 6 heteroatoms. The van der Waals surface area contributed by atoms with Crippen LogP contribution < -0.4 is 5.32 Å². The first-order valence-corrected chi connectivity index (χ1v) is 9.72. The van der Waals surface area contributed by atoms with Gasteiger partial charge in [0.15, 0.2) is 0 Å². The molecule has 2 aliphatic rings. The Labute approximate surface area is 143 Å². The molecule has 3 rings (SSSR count). The number of aromatic nitrogens is 2. The SMILES string of the molecule is CC(C)(C)c1nnc(NCC2(N3CCOCC3)CCCCC2)s1. The number of morpholine rings is 1. The van der Waals surface area contributed by atoms with Crippen LogP contribution in [0.2, 0.25) is 0 Å². The van der Waals surface area contributed by atoms with Gasteiger partial charge in [-0.25, -0.2) is 0 Å². The Bertz CT molecular complexity index is 499. The fourth-order valence-electron chi connectivity index (χ4n) is 3.69. The number of ether oxygens (including phenoxy) is 1. The van der Waals surface area contributed by atoms with Crippen LogP contribution in [0.25, 0.3) is 0 Å². The molecule has 0 bridgehead atoms. The predicted molar refractivity (Wildman–Crippen MR) is 95.3 cm³/mol. The van der Waals surface area contributed by atoms with E-state index in [1.807, 2.05) is 0 Å². The zero-order valence-electron chi connectivity index (χ0n) is 14.7. The van der Waals surface area contributed by atoms with E-state index in [-0.39, 0.29) is 11.0 Å². The van der Waals surface area contributed by atoms with E-state index in [0.717, 1.165) is 43.0 Å². The molecule has 1 saturated carbocycles. The smallest absolute Gasteiger partial charge is 0.205 e. The van der Waals surface area contributed by atoms with E-state index in [1.54, 1.807) is 11.3 Å². The summed E-state index contributed by atoms with van der Waals surface area (Å²) >= 11 is 1.70. The summed E-state index contributed by atoms with van der Waals surface area (Å²) in [5.41, 5.74) is 0.347. The molecule has 2 fully saturated rings. The summed E-state index contributed by atoms with van der Waals surface area (Å²) in [6, 6.07) is 0. The molecule has 1 aromatic rings. The highest BCUT2D eigenvalue weighted by molar-refractivity contribution is 7.15. The minimum atomic E-state index is 0.0737. The lowest BCUT2D eigenvalue weighted by Gasteiger charge is -2.48. The fourth-order valence-corrected chi connectivity index (χ4v) is 4.49. The minimum absolute atomic E-state index is 0.0737. The van der Waals surface area contributed by atoms with Gasteiger partial charge < -0.3 is 10.1 Å². The lowest BCUT2D eigenvalue weighted by molar-refractivity contribution is -0.0318. The highest BCUT2D eigenvalue weighted by atomic mass is 32.1. The maximum Gasteiger partial charge on any atom is 0.205 e. The minimum Gasteiger partial charge on any atom is -0.379 e. The van der Waals surface area contributed by atoms with Crippen molar-refractivity contribution in [3.05, 3.63) is 5.01 Å². The van der Waals surface area contributed by atoms with Crippen molar-refractivity contribution < 1.29 is 4.74 Å². The zero-order chi connectivity index (χ0) is 16.3. The van der Waals surface area contributed by atoms with Crippen molar-refractivity contribution in [3.63, 3.8) is 0 Å². The Morgan fingerprint density at radius 3 is 2.43 bits per heavy atom. The van der Waals surface area contributed by atoms with Gasteiger partial charge in [-0.15, -0.1) is 10.2 Å². The van der Waals surface area contributed by atoms with Crippen molar-refractivity contribution in [2.24, 2.45) is 0 Å². The lowest BCUT2D eigenvalue weighted by Crippen LogP contribution is -2.57. The molecule has 0 radical (unpaired) electrons. The van der Waals surface area contributed by atoms with Crippen LogP contribution in [0, 0.1) is 0 Å². The summed E-state index contributed by atoms with van der Waals surface area (Å²) < 4.78 is 5.56. The average Bonchev–Trinajstić information content (AvgIpc) is 3.04. The molecule has 0 atom stereocenters. The number of nitrogens with one attached hydrogen (secondary N) is 1. The van der Waals surface area contributed by atoms with Crippen molar-refractivity contribution in [1.29, 1.82) is 0 Å². The second-order valence-corrected chi connectivity index (χ2v) is 8.88. The van der Waals surface area contributed by atoms with Gasteiger partial charge in [0.25, 0.3) is 0 Å². The normalized spacial score (nSPS) is 22.9. The molecular weight excluding hydrogens is 308 g/mol. The molecule has 5 nitrogen and oxygen atoms in total. The van der Waals surface area contributed by atoms with E-state index in [4.69, 9.17) is 4.74 Å². The topological polar surface area (TPSA) is 50.3 Å². The van der Waals surface area contributed by atoms with Crippen LogP contribution in [0.5, 0.6) is 0 Å². The predicted octanol–water partition coefficient (Wildman–Crippen LogP) is 3.28. The van der Waals surface area contributed by atoms with Crippen LogP contribution in [-0.2, 0) is 10.2 Å². The monoisotopic (exact) mass is 338 g/mol.